The Labute approximate surface area is 160 Å². The number of nitrogens with one attached hydrogen (secondary N) is 1. The van der Waals surface area contributed by atoms with E-state index in [2.05, 4.69) is 5.32 Å². The molecule has 146 valence electrons. The van der Waals surface area contributed by atoms with E-state index in [1.54, 1.807) is 6.92 Å². The molecule has 6 nitrogen and oxygen atoms in total. The van der Waals surface area contributed by atoms with Crippen LogP contribution < -0.4 is 10.1 Å². The Morgan fingerprint density at radius 3 is 2.78 bits per heavy atom. The summed E-state index contributed by atoms with van der Waals surface area (Å²) in [6.45, 7) is 3.16. The zero-order valence-electron chi connectivity index (χ0n) is 15.6. The van der Waals surface area contributed by atoms with Gasteiger partial charge in [0.25, 0.3) is 0 Å². The van der Waals surface area contributed by atoms with E-state index in [-0.39, 0.29) is 24.1 Å². The predicted octanol–water partition coefficient (Wildman–Crippen LogP) is 2.40. The van der Waals surface area contributed by atoms with Crippen molar-refractivity contribution in [3.05, 3.63) is 42.5 Å². The number of carbonyl (C=O) groups excluding carboxylic acids is 1. The summed E-state index contributed by atoms with van der Waals surface area (Å²) in [5.41, 5.74) is 0. The van der Waals surface area contributed by atoms with Gasteiger partial charge in [0.05, 0.1) is 18.2 Å². The molecule has 3 rings (SSSR count). The van der Waals surface area contributed by atoms with Crippen LogP contribution in [0.25, 0.3) is 10.8 Å². The zero-order chi connectivity index (χ0) is 19.3. The fourth-order valence-electron chi connectivity index (χ4n) is 3.34. The highest BCUT2D eigenvalue weighted by atomic mass is 32.2. The number of sulfonamides is 1. The van der Waals surface area contributed by atoms with Gasteiger partial charge in [-0.05, 0) is 42.7 Å². The van der Waals surface area contributed by atoms with Crippen molar-refractivity contribution in [1.29, 1.82) is 0 Å². The molecule has 0 saturated carbocycles. The van der Waals surface area contributed by atoms with Gasteiger partial charge in [0.1, 0.15) is 12.4 Å². The normalized spacial score (nSPS) is 18.3. The predicted molar refractivity (Wildman–Crippen MR) is 106 cm³/mol. The van der Waals surface area contributed by atoms with Gasteiger partial charge in [0.15, 0.2) is 0 Å². The molecule has 1 atom stereocenters. The van der Waals surface area contributed by atoms with Crippen LogP contribution in [0.15, 0.2) is 42.5 Å². The molecule has 1 aliphatic heterocycles. The van der Waals surface area contributed by atoms with Crippen LogP contribution in [0.4, 0.5) is 0 Å². The van der Waals surface area contributed by atoms with Gasteiger partial charge in [-0.1, -0.05) is 30.3 Å². The Balaban J connectivity index is 1.46. The molecule has 1 aliphatic rings. The van der Waals surface area contributed by atoms with Crippen molar-refractivity contribution in [3.63, 3.8) is 0 Å². The lowest BCUT2D eigenvalue weighted by Crippen LogP contribution is -2.46. The number of hydrogen-bond acceptors (Lipinski definition) is 4. The summed E-state index contributed by atoms with van der Waals surface area (Å²) in [7, 11) is -3.24. The Morgan fingerprint density at radius 1 is 1.22 bits per heavy atom. The monoisotopic (exact) mass is 390 g/mol. The van der Waals surface area contributed by atoms with Crippen molar-refractivity contribution in [3.8, 4) is 5.75 Å². The zero-order valence-corrected chi connectivity index (χ0v) is 16.4. The third-order valence-corrected chi connectivity index (χ3v) is 6.75. The fraction of sp³-hybridized carbons (Fsp3) is 0.450. The molecule has 27 heavy (non-hydrogen) atoms. The number of fused-ring (bicyclic) bond motifs is 1. The summed E-state index contributed by atoms with van der Waals surface area (Å²) in [5, 5.41) is 5.13. The highest BCUT2D eigenvalue weighted by molar-refractivity contribution is 7.89. The van der Waals surface area contributed by atoms with Gasteiger partial charge >= 0.3 is 0 Å². The van der Waals surface area contributed by atoms with Crippen LogP contribution >= 0.6 is 0 Å². The van der Waals surface area contributed by atoms with Gasteiger partial charge in [-0.25, -0.2) is 12.7 Å². The number of hydrogen-bond donors (Lipinski definition) is 1. The summed E-state index contributed by atoms with van der Waals surface area (Å²) < 4.78 is 31.2. The maximum absolute atomic E-state index is 12.4. The van der Waals surface area contributed by atoms with E-state index in [1.807, 2.05) is 42.5 Å². The molecule has 0 spiro atoms. The van der Waals surface area contributed by atoms with Crippen LogP contribution in [0.1, 0.15) is 19.8 Å². The molecule has 0 bridgehead atoms. The summed E-state index contributed by atoms with van der Waals surface area (Å²) in [5.74, 6) is 0.440. The third-order valence-electron chi connectivity index (χ3n) is 4.90. The van der Waals surface area contributed by atoms with Crippen LogP contribution in [0.2, 0.25) is 0 Å². The lowest BCUT2D eigenvalue weighted by Gasteiger charge is -2.30. The second-order valence-corrected chi connectivity index (χ2v) is 9.00. The highest BCUT2D eigenvalue weighted by Crippen LogP contribution is 2.21. The molecule has 2 aromatic rings. The number of piperidine rings is 1. The van der Waals surface area contributed by atoms with Crippen LogP contribution in [0.5, 0.6) is 5.75 Å². The molecule has 0 unspecified atom stereocenters. The molecule has 0 radical (unpaired) electrons. The molecule has 1 N–H and O–H groups in total. The van der Waals surface area contributed by atoms with Crippen LogP contribution in [0.3, 0.4) is 0 Å². The smallest absolute Gasteiger partial charge is 0.224 e. The van der Waals surface area contributed by atoms with Gasteiger partial charge in [-0.15, -0.1) is 0 Å². The van der Waals surface area contributed by atoms with Gasteiger partial charge in [-0.3, -0.25) is 4.79 Å². The number of carbonyl (C=O) groups is 1. The first-order valence-corrected chi connectivity index (χ1v) is 11.0. The van der Waals surface area contributed by atoms with Crippen molar-refractivity contribution in [2.45, 2.75) is 19.8 Å². The summed E-state index contributed by atoms with van der Waals surface area (Å²) in [6, 6.07) is 14.0. The largest absolute Gasteiger partial charge is 0.492 e. The first kappa shape index (κ1) is 19.6. The molecule has 1 heterocycles. The molecule has 0 aliphatic carbocycles. The Morgan fingerprint density at radius 2 is 2.00 bits per heavy atom. The van der Waals surface area contributed by atoms with Gasteiger partial charge in [0, 0.05) is 13.1 Å². The van der Waals surface area contributed by atoms with Crippen molar-refractivity contribution in [1.82, 2.24) is 9.62 Å². The summed E-state index contributed by atoms with van der Waals surface area (Å²) >= 11 is 0. The molecular weight excluding hydrogens is 364 g/mol. The quantitative estimate of drug-likeness (QED) is 0.737. The lowest BCUT2D eigenvalue weighted by atomic mass is 9.99. The minimum atomic E-state index is -3.24. The molecule has 0 aromatic heterocycles. The van der Waals surface area contributed by atoms with E-state index in [9.17, 15) is 13.2 Å². The van der Waals surface area contributed by atoms with Gasteiger partial charge < -0.3 is 10.1 Å². The van der Waals surface area contributed by atoms with Crippen molar-refractivity contribution in [2.24, 2.45) is 5.92 Å². The number of ether oxygens (including phenoxy) is 1. The number of rotatable bonds is 7. The highest BCUT2D eigenvalue weighted by Gasteiger charge is 2.31. The summed E-state index contributed by atoms with van der Waals surface area (Å²) in [6.07, 6.45) is 1.43. The van der Waals surface area contributed by atoms with E-state index in [1.165, 1.54) is 4.31 Å². The van der Waals surface area contributed by atoms with Gasteiger partial charge in [0.2, 0.25) is 15.9 Å². The average Bonchev–Trinajstić information content (AvgIpc) is 2.71. The van der Waals surface area contributed by atoms with E-state index < -0.39 is 10.0 Å². The van der Waals surface area contributed by atoms with Crippen LogP contribution in [-0.2, 0) is 14.8 Å². The Kier molecular flexibility index (Phi) is 6.34. The van der Waals surface area contributed by atoms with Gasteiger partial charge in [-0.2, -0.15) is 0 Å². The fourth-order valence-corrected chi connectivity index (χ4v) is 4.52. The second kappa shape index (κ2) is 8.71. The molecule has 1 amide bonds. The summed E-state index contributed by atoms with van der Waals surface area (Å²) in [4.78, 5) is 12.4. The average molecular weight is 391 g/mol. The van der Waals surface area contributed by atoms with E-state index >= 15 is 0 Å². The van der Waals surface area contributed by atoms with E-state index in [0.717, 1.165) is 16.5 Å². The first-order chi connectivity index (χ1) is 13.0. The van der Waals surface area contributed by atoms with Crippen LogP contribution in [0, 0.1) is 5.92 Å². The topological polar surface area (TPSA) is 75.7 Å². The number of nitrogens with zero attached hydrogens (tertiary/aromatic N) is 1. The van der Waals surface area contributed by atoms with Crippen molar-refractivity contribution >= 4 is 26.7 Å². The number of benzene rings is 2. The van der Waals surface area contributed by atoms with E-state index in [4.69, 9.17) is 4.74 Å². The lowest BCUT2D eigenvalue weighted by molar-refractivity contribution is -0.126. The maximum Gasteiger partial charge on any atom is 0.224 e. The minimum Gasteiger partial charge on any atom is -0.492 e. The first-order valence-electron chi connectivity index (χ1n) is 9.37. The minimum absolute atomic E-state index is 0.0704. The molecule has 1 saturated heterocycles. The van der Waals surface area contributed by atoms with Crippen LogP contribution in [-0.4, -0.2) is 50.6 Å². The SMILES string of the molecule is CCS(=O)(=O)N1CCC[C@@H](C(=O)NCCOc2ccc3ccccc3c2)C1. The molecular formula is C20H26N2O4S. The Hall–Kier alpha value is -2.12. The number of amides is 1. The molecule has 1 fully saturated rings. The Bertz CT molecular complexity index is 898. The van der Waals surface area contributed by atoms with Crippen molar-refractivity contribution < 1.29 is 17.9 Å². The molecule has 7 heteroatoms. The molecule has 2 aromatic carbocycles. The standard InChI is InChI=1S/C20H26N2O4S/c1-2-27(24,25)22-12-5-8-18(15-22)20(23)21-11-13-26-19-10-9-16-6-3-4-7-17(16)14-19/h3-4,6-7,9-10,14,18H,2,5,8,11-13,15H2,1H3,(H,21,23)/t18-/m1/s1. The third kappa shape index (κ3) is 4.99. The van der Waals surface area contributed by atoms with Crippen molar-refractivity contribution in [2.75, 3.05) is 32.0 Å². The second-order valence-electron chi connectivity index (χ2n) is 6.75. The van der Waals surface area contributed by atoms with E-state index in [0.29, 0.717) is 32.5 Å². The maximum atomic E-state index is 12.4.